The van der Waals surface area contributed by atoms with Crippen molar-refractivity contribution >= 4 is 15.9 Å². The van der Waals surface area contributed by atoms with Crippen LogP contribution in [0.3, 0.4) is 0 Å². The molecule has 1 unspecified atom stereocenters. The first-order chi connectivity index (χ1) is 16.3. The first kappa shape index (κ1) is 23.3. The maximum atomic E-state index is 15.0. The van der Waals surface area contributed by atoms with Gasteiger partial charge < -0.3 is 4.74 Å². The summed E-state index contributed by atoms with van der Waals surface area (Å²) in [4.78, 5) is 14.9. The standard InChI is InChI=1S/C26H31FN2O4S/c1-17-4-6-18(7-5-17)15-29-12-2-3-20(16-29)33-25-14-24(27)23(13-22(25)19-8-9-19)26(30)28-34(31,32)21-10-11-21/h4-7,13-14,19-21H,2-3,8-12,15-16H2,1H3,(H,28,30). The second kappa shape index (κ2) is 9.30. The molecule has 1 saturated heterocycles. The number of hydrogen-bond acceptors (Lipinski definition) is 5. The van der Waals surface area contributed by atoms with E-state index in [1.54, 1.807) is 0 Å². The summed E-state index contributed by atoms with van der Waals surface area (Å²) in [6, 6.07) is 11.3. The number of ether oxygens (including phenoxy) is 1. The van der Waals surface area contributed by atoms with Crippen LogP contribution in [-0.2, 0) is 16.6 Å². The zero-order valence-electron chi connectivity index (χ0n) is 19.4. The second-order valence-electron chi connectivity index (χ2n) is 9.92. The number of nitrogens with one attached hydrogen (secondary N) is 1. The van der Waals surface area contributed by atoms with Gasteiger partial charge in [-0.25, -0.2) is 17.5 Å². The molecule has 1 N–H and O–H groups in total. The molecule has 0 bridgehead atoms. The van der Waals surface area contributed by atoms with E-state index in [4.69, 9.17) is 4.74 Å². The molecule has 2 aliphatic carbocycles. The fourth-order valence-electron chi connectivity index (χ4n) is 4.59. The molecule has 1 aliphatic heterocycles. The number of nitrogens with zero attached hydrogens (tertiary/aromatic N) is 1. The van der Waals surface area contributed by atoms with Crippen molar-refractivity contribution in [3.05, 3.63) is 64.5 Å². The Labute approximate surface area is 200 Å². The highest BCUT2D eigenvalue weighted by Crippen LogP contribution is 2.45. The molecule has 3 aliphatic rings. The van der Waals surface area contributed by atoms with Crippen LogP contribution in [0.15, 0.2) is 36.4 Å². The van der Waals surface area contributed by atoms with Crippen LogP contribution in [0.1, 0.15) is 71.5 Å². The van der Waals surface area contributed by atoms with Crippen LogP contribution in [0.5, 0.6) is 5.75 Å². The van der Waals surface area contributed by atoms with Crippen molar-refractivity contribution in [2.24, 2.45) is 0 Å². The Kier molecular flexibility index (Phi) is 6.37. The summed E-state index contributed by atoms with van der Waals surface area (Å²) >= 11 is 0. The predicted molar refractivity (Wildman–Crippen MR) is 128 cm³/mol. The lowest BCUT2D eigenvalue weighted by Gasteiger charge is -2.33. The van der Waals surface area contributed by atoms with E-state index in [1.165, 1.54) is 23.3 Å². The highest BCUT2D eigenvalue weighted by atomic mass is 32.2. The van der Waals surface area contributed by atoms with E-state index < -0.39 is 27.0 Å². The summed E-state index contributed by atoms with van der Waals surface area (Å²) in [5, 5.41) is -0.542. The fourth-order valence-corrected chi connectivity index (χ4v) is 5.88. The average Bonchev–Trinajstić information content (AvgIpc) is 3.68. The van der Waals surface area contributed by atoms with Gasteiger partial charge in [-0.05, 0) is 75.1 Å². The van der Waals surface area contributed by atoms with Crippen molar-refractivity contribution in [3.63, 3.8) is 0 Å². The third kappa shape index (κ3) is 5.44. The summed E-state index contributed by atoms with van der Waals surface area (Å²) in [6.45, 7) is 4.66. The van der Waals surface area contributed by atoms with Crippen LogP contribution >= 0.6 is 0 Å². The van der Waals surface area contributed by atoms with Gasteiger partial charge in [-0.1, -0.05) is 29.8 Å². The maximum absolute atomic E-state index is 15.0. The molecule has 1 atom stereocenters. The Morgan fingerprint density at radius 2 is 1.85 bits per heavy atom. The summed E-state index contributed by atoms with van der Waals surface area (Å²) in [5.74, 6) is -0.965. The molecule has 6 nitrogen and oxygen atoms in total. The largest absolute Gasteiger partial charge is 0.489 e. The van der Waals surface area contributed by atoms with Crippen LogP contribution in [-0.4, -0.2) is 43.7 Å². The molecule has 2 saturated carbocycles. The van der Waals surface area contributed by atoms with Gasteiger partial charge in [0.2, 0.25) is 10.0 Å². The Balaban J connectivity index is 1.29. The molecule has 8 heteroatoms. The number of carbonyl (C=O) groups excluding carboxylic acids is 1. The van der Waals surface area contributed by atoms with Gasteiger partial charge in [0.25, 0.3) is 5.91 Å². The molecule has 1 amide bonds. The van der Waals surface area contributed by atoms with E-state index in [0.717, 1.165) is 50.9 Å². The number of likely N-dealkylation sites (tertiary alicyclic amines) is 1. The van der Waals surface area contributed by atoms with Gasteiger partial charge in [-0.3, -0.25) is 9.69 Å². The van der Waals surface area contributed by atoms with Crippen molar-refractivity contribution < 1.29 is 22.3 Å². The smallest absolute Gasteiger partial charge is 0.267 e. The third-order valence-corrected chi connectivity index (χ3v) is 8.66. The van der Waals surface area contributed by atoms with Crippen LogP contribution in [0.2, 0.25) is 0 Å². The van der Waals surface area contributed by atoms with Crippen LogP contribution in [0.4, 0.5) is 4.39 Å². The lowest BCUT2D eigenvalue weighted by molar-refractivity contribution is 0.0832. The number of aryl methyl sites for hydroxylation is 1. The van der Waals surface area contributed by atoms with Crippen molar-refractivity contribution in [1.29, 1.82) is 0 Å². The van der Waals surface area contributed by atoms with Crippen LogP contribution in [0.25, 0.3) is 0 Å². The molecule has 0 spiro atoms. The third-order valence-electron chi connectivity index (χ3n) is 6.84. The number of amides is 1. The number of hydrogen-bond donors (Lipinski definition) is 1. The molecule has 0 aromatic heterocycles. The molecule has 1 heterocycles. The minimum Gasteiger partial charge on any atom is -0.489 e. The number of rotatable bonds is 8. The Morgan fingerprint density at radius 1 is 1.12 bits per heavy atom. The van der Waals surface area contributed by atoms with E-state index >= 15 is 0 Å². The maximum Gasteiger partial charge on any atom is 0.267 e. The summed E-state index contributed by atoms with van der Waals surface area (Å²) < 4.78 is 47.6. The van der Waals surface area contributed by atoms with Crippen LogP contribution in [0, 0.1) is 12.7 Å². The summed E-state index contributed by atoms with van der Waals surface area (Å²) in [7, 11) is -3.74. The Bertz CT molecular complexity index is 1170. The SMILES string of the molecule is Cc1ccc(CN2CCCC(Oc3cc(F)c(C(=O)NS(=O)(=O)C4CC4)cc3C3CC3)C2)cc1. The van der Waals surface area contributed by atoms with E-state index in [2.05, 4.69) is 36.1 Å². The number of benzene rings is 2. The van der Waals surface area contributed by atoms with Gasteiger partial charge >= 0.3 is 0 Å². The second-order valence-corrected chi connectivity index (χ2v) is 11.9. The zero-order valence-corrected chi connectivity index (χ0v) is 20.2. The molecular formula is C26H31FN2O4S. The normalized spacial score (nSPS) is 21.3. The molecule has 2 aromatic carbocycles. The lowest BCUT2D eigenvalue weighted by Crippen LogP contribution is -2.40. The number of halogens is 1. The Morgan fingerprint density at radius 3 is 2.53 bits per heavy atom. The topological polar surface area (TPSA) is 75.7 Å². The van der Waals surface area contributed by atoms with E-state index in [0.29, 0.717) is 18.6 Å². The molecule has 5 rings (SSSR count). The van der Waals surface area contributed by atoms with Crippen molar-refractivity contribution in [2.45, 2.75) is 69.3 Å². The summed E-state index contributed by atoms with van der Waals surface area (Å²) in [5.41, 5.74) is 3.06. The first-order valence-electron chi connectivity index (χ1n) is 12.1. The van der Waals surface area contributed by atoms with Gasteiger partial charge in [0.05, 0.1) is 10.8 Å². The zero-order chi connectivity index (χ0) is 23.9. The van der Waals surface area contributed by atoms with Gasteiger partial charge in [0.1, 0.15) is 17.7 Å². The quantitative estimate of drug-likeness (QED) is 0.603. The first-order valence-corrected chi connectivity index (χ1v) is 13.7. The molecule has 34 heavy (non-hydrogen) atoms. The fraction of sp³-hybridized carbons (Fsp3) is 0.500. The molecule has 3 fully saturated rings. The van der Waals surface area contributed by atoms with Crippen molar-refractivity contribution in [3.8, 4) is 5.75 Å². The average molecular weight is 487 g/mol. The summed E-state index contributed by atoms with van der Waals surface area (Å²) in [6.07, 6.45) is 4.79. The van der Waals surface area contributed by atoms with Gasteiger partial charge in [-0.2, -0.15) is 0 Å². The van der Waals surface area contributed by atoms with Crippen LogP contribution < -0.4 is 9.46 Å². The van der Waals surface area contributed by atoms with Crippen molar-refractivity contribution in [1.82, 2.24) is 9.62 Å². The number of carbonyl (C=O) groups is 1. The molecular weight excluding hydrogens is 455 g/mol. The van der Waals surface area contributed by atoms with Gasteiger partial charge in [0.15, 0.2) is 0 Å². The van der Waals surface area contributed by atoms with E-state index in [-0.39, 0.29) is 17.6 Å². The highest BCUT2D eigenvalue weighted by molar-refractivity contribution is 7.91. The number of piperidine rings is 1. The van der Waals surface area contributed by atoms with Gasteiger partial charge in [0, 0.05) is 19.2 Å². The van der Waals surface area contributed by atoms with Gasteiger partial charge in [-0.15, -0.1) is 0 Å². The van der Waals surface area contributed by atoms with E-state index in [1.807, 2.05) is 4.72 Å². The lowest BCUT2D eigenvalue weighted by atomic mass is 10.0. The Hall–Kier alpha value is -2.45. The van der Waals surface area contributed by atoms with Crippen molar-refractivity contribution in [2.75, 3.05) is 13.1 Å². The molecule has 182 valence electrons. The highest BCUT2D eigenvalue weighted by Gasteiger charge is 2.38. The van der Waals surface area contributed by atoms with E-state index in [9.17, 15) is 17.6 Å². The monoisotopic (exact) mass is 486 g/mol. The predicted octanol–water partition coefficient (Wildman–Crippen LogP) is 4.28. The number of sulfonamides is 1. The minimum absolute atomic E-state index is 0.0639. The molecule has 0 radical (unpaired) electrons. The molecule has 2 aromatic rings. The minimum atomic E-state index is -3.74.